The summed E-state index contributed by atoms with van der Waals surface area (Å²) in [7, 11) is 0. The zero-order chi connectivity index (χ0) is 21.3. The number of halogens is 2. The number of nitro benzene ring substituents is 1. The largest absolute Gasteiger partial charge is 0.342 e. The summed E-state index contributed by atoms with van der Waals surface area (Å²) in [6, 6.07) is 15.7. The molecule has 2 N–H and O–H groups in total. The summed E-state index contributed by atoms with van der Waals surface area (Å²) in [6.45, 7) is 0.596. The maximum Gasteiger partial charge on any atom is 0.283 e. The van der Waals surface area contributed by atoms with Gasteiger partial charge in [-0.3, -0.25) is 10.1 Å². The third-order valence-corrected chi connectivity index (χ3v) is 5.81. The maximum atomic E-state index is 13.6. The van der Waals surface area contributed by atoms with Gasteiger partial charge in [-0.15, -0.1) is 0 Å². The van der Waals surface area contributed by atoms with Gasteiger partial charge < -0.3 is 10.3 Å². The Morgan fingerprint density at radius 3 is 2.40 bits per heavy atom. The Balaban J connectivity index is 1.80. The second-order valence-electron chi connectivity index (χ2n) is 6.78. The Kier molecular flexibility index (Phi) is 5.52. The molecule has 1 heterocycles. The van der Waals surface area contributed by atoms with Crippen LogP contribution in [0.25, 0.3) is 10.9 Å². The van der Waals surface area contributed by atoms with Crippen LogP contribution in [0, 0.1) is 21.7 Å². The SMILES string of the molecule is NCc1ccc2c(Sc3ccccc3[N+](=O)[O-])cn(Cc3cc(F)cc(F)c3)c2c1. The summed E-state index contributed by atoms with van der Waals surface area (Å²) < 4.78 is 29.2. The molecule has 0 saturated heterocycles. The van der Waals surface area contributed by atoms with Crippen LogP contribution in [0.4, 0.5) is 14.5 Å². The van der Waals surface area contributed by atoms with Gasteiger partial charge in [0.05, 0.1) is 9.82 Å². The van der Waals surface area contributed by atoms with E-state index >= 15 is 0 Å². The fourth-order valence-corrected chi connectivity index (χ4v) is 4.45. The molecule has 152 valence electrons. The van der Waals surface area contributed by atoms with Gasteiger partial charge in [0.25, 0.3) is 5.69 Å². The van der Waals surface area contributed by atoms with Crippen molar-refractivity contribution in [3.05, 3.63) is 99.7 Å². The highest BCUT2D eigenvalue weighted by atomic mass is 32.2. The van der Waals surface area contributed by atoms with Gasteiger partial charge in [0, 0.05) is 47.2 Å². The monoisotopic (exact) mass is 425 g/mol. The smallest absolute Gasteiger partial charge is 0.283 e. The number of rotatable bonds is 6. The molecule has 0 fully saturated rings. The van der Waals surface area contributed by atoms with Gasteiger partial charge >= 0.3 is 0 Å². The molecule has 0 aliphatic carbocycles. The highest BCUT2D eigenvalue weighted by Crippen LogP contribution is 2.39. The molecule has 0 bridgehead atoms. The molecular weight excluding hydrogens is 408 g/mol. The van der Waals surface area contributed by atoms with Gasteiger partial charge in [-0.1, -0.05) is 36.0 Å². The van der Waals surface area contributed by atoms with Crippen molar-refractivity contribution >= 4 is 28.4 Å². The van der Waals surface area contributed by atoms with Gasteiger partial charge in [0.2, 0.25) is 0 Å². The number of nitrogens with two attached hydrogens (primary N) is 1. The molecule has 0 aliphatic heterocycles. The van der Waals surface area contributed by atoms with Crippen molar-refractivity contribution in [3.8, 4) is 0 Å². The molecular formula is C22H17F2N3O2S. The predicted molar refractivity (Wildman–Crippen MR) is 113 cm³/mol. The maximum absolute atomic E-state index is 13.6. The van der Waals surface area contributed by atoms with E-state index in [0.717, 1.165) is 27.4 Å². The summed E-state index contributed by atoms with van der Waals surface area (Å²) in [6.07, 6.45) is 1.84. The van der Waals surface area contributed by atoms with Gasteiger partial charge in [-0.25, -0.2) is 8.78 Å². The van der Waals surface area contributed by atoms with Crippen molar-refractivity contribution in [2.45, 2.75) is 22.9 Å². The Hall–Kier alpha value is -3.23. The first-order valence-corrected chi connectivity index (χ1v) is 9.94. The second kappa shape index (κ2) is 8.25. The minimum Gasteiger partial charge on any atom is -0.342 e. The first kappa shape index (κ1) is 20.1. The van der Waals surface area contributed by atoms with Gasteiger partial charge in [0.1, 0.15) is 11.6 Å². The lowest BCUT2D eigenvalue weighted by molar-refractivity contribution is -0.387. The van der Waals surface area contributed by atoms with E-state index in [1.165, 1.54) is 30.0 Å². The summed E-state index contributed by atoms with van der Waals surface area (Å²) in [5.74, 6) is -1.28. The Morgan fingerprint density at radius 2 is 1.70 bits per heavy atom. The molecule has 0 aliphatic rings. The summed E-state index contributed by atoms with van der Waals surface area (Å²) in [5, 5.41) is 12.3. The van der Waals surface area contributed by atoms with E-state index in [4.69, 9.17) is 5.73 Å². The Labute approximate surface area is 175 Å². The third kappa shape index (κ3) is 4.05. The summed E-state index contributed by atoms with van der Waals surface area (Å²) >= 11 is 1.28. The van der Waals surface area contributed by atoms with Crippen LogP contribution in [0.1, 0.15) is 11.1 Å². The topological polar surface area (TPSA) is 74.1 Å². The number of hydrogen-bond acceptors (Lipinski definition) is 4. The number of benzene rings is 3. The van der Waals surface area contributed by atoms with Crippen LogP contribution in [0.3, 0.4) is 0 Å². The molecule has 0 radical (unpaired) electrons. The average molecular weight is 425 g/mol. The number of fused-ring (bicyclic) bond motifs is 1. The normalized spacial score (nSPS) is 11.2. The second-order valence-corrected chi connectivity index (χ2v) is 7.87. The van der Waals surface area contributed by atoms with Crippen LogP contribution >= 0.6 is 11.8 Å². The third-order valence-electron chi connectivity index (χ3n) is 4.70. The van der Waals surface area contributed by atoms with E-state index in [0.29, 0.717) is 17.0 Å². The van der Waals surface area contributed by atoms with Crippen LogP contribution in [0.2, 0.25) is 0 Å². The zero-order valence-corrected chi connectivity index (χ0v) is 16.5. The van der Waals surface area contributed by atoms with E-state index in [1.54, 1.807) is 18.2 Å². The molecule has 8 heteroatoms. The van der Waals surface area contributed by atoms with Gasteiger partial charge in [-0.2, -0.15) is 0 Å². The quantitative estimate of drug-likeness (QED) is 0.328. The lowest BCUT2D eigenvalue weighted by atomic mass is 10.1. The molecule has 0 amide bonds. The molecule has 0 atom stereocenters. The van der Waals surface area contributed by atoms with Crippen LogP contribution in [0.5, 0.6) is 0 Å². The van der Waals surface area contributed by atoms with E-state index in [-0.39, 0.29) is 12.2 Å². The number of para-hydroxylation sites is 1. The van der Waals surface area contributed by atoms with Crippen molar-refractivity contribution in [3.63, 3.8) is 0 Å². The van der Waals surface area contributed by atoms with Gasteiger partial charge in [0.15, 0.2) is 0 Å². The predicted octanol–water partition coefficient (Wildman–Crippen LogP) is 5.49. The molecule has 4 aromatic rings. The van der Waals surface area contributed by atoms with E-state index < -0.39 is 16.6 Å². The van der Waals surface area contributed by atoms with Crippen LogP contribution in [-0.2, 0) is 13.1 Å². The summed E-state index contributed by atoms with van der Waals surface area (Å²) in [4.78, 5) is 12.3. The molecule has 3 aromatic carbocycles. The first-order chi connectivity index (χ1) is 14.4. The highest BCUT2D eigenvalue weighted by Gasteiger charge is 2.17. The lowest BCUT2D eigenvalue weighted by Crippen LogP contribution is -2.01. The number of nitro groups is 1. The molecule has 0 spiro atoms. The molecule has 4 rings (SSSR count). The highest BCUT2D eigenvalue weighted by molar-refractivity contribution is 7.99. The minimum atomic E-state index is -0.640. The number of aromatic nitrogens is 1. The van der Waals surface area contributed by atoms with Gasteiger partial charge in [-0.05, 0) is 35.4 Å². The Bertz CT molecular complexity index is 1240. The molecule has 0 saturated carbocycles. The van der Waals surface area contributed by atoms with Crippen LogP contribution in [0.15, 0.2) is 76.7 Å². The van der Waals surface area contributed by atoms with Crippen molar-refractivity contribution in [1.29, 1.82) is 0 Å². The fraction of sp³-hybridized carbons (Fsp3) is 0.0909. The first-order valence-electron chi connectivity index (χ1n) is 9.12. The average Bonchev–Trinajstić information content (AvgIpc) is 3.04. The summed E-state index contributed by atoms with van der Waals surface area (Å²) in [5.41, 5.74) is 8.03. The van der Waals surface area contributed by atoms with Crippen LogP contribution < -0.4 is 5.73 Å². The van der Waals surface area contributed by atoms with E-state index in [1.807, 2.05) is 29.0 Å². The minimum absolute atomic E-state index is 0.0224. The number of nitrogens with zero attached hydrogens (tertiary/aromatic N) is 2. The van der Waals surface area contributed by atoms with Crippen molar-refractivity contribution in [2.75, 3.05) is 0 Å². The fourth-order valence-electron chi connectivity index (χ4n) is 3.35. The molecule has 30 heavy (non-hydrogen) atoms. The van der Waals surface area contributed by atoms with E-state index in [9.17, 15) is 18.9 Å². The zero-order valence-electron chi connectivity index (χ0n) is 15.7. The lowest BCUT2D eigenvalue weighted by Gasteiger charge is -2.07. The van der Waals surface area contributed by atoms with Crippen molar-refractivity contribution in [1.82, 2.24) is 4.57 Å². The Morgan fingerprint density at radius 1 is 0.967 bits per heavy atom. The number of hydrogen-bond donors (Lipinski definition) is 1. The standard InChI is InChI=1S/C22H17F2N3O2S/c23-16-7-15(8-17(24)10-16)12-26-13-22(18-6-5-14(11-25)9-20(18)26)30-21-4-2-1-3-19(21)27(28)29/h1-10,13H,11-12,25H2. The molecule has 0 unspecified atom stereocenters. The van der Waals surface area contributed by atoms with Crippen molar-refractivity contribution in [2.24, 2.45) is 5.73 Å². The molecule has 1 aromatic heterocycles. The van der Waals surface area contributed by atoms with Crippen LogP contribution in [-0.4, -0.2) is 9.49 Å². The molecule has 5 nitrogen and oxygen atoms in total. The van der Waals surface area contributed by atoms with Crippen molar-refractivity contribution < 1.29 is 13.7 Å². The van der Waals surface area contributed by atoms with E-state index in [2.05, 4.69) is 0 Å².